The standard InChI is InChI=1S/C18H20O3/c1-12(19)16-8-7-15(20-2)10-18(16)21-11-14-9-13-5-3-4-6-17(13)14/h3-8,10,12,14,19H,9,11H2,1-2H3. The van der Waals surface area contributed by atoms with E-state index in [0.717, 1.165) is 17.7 Å². The van der Waals surface area contributed by atoms with Gasteiger partial charge in [0.05, 0.1) is 19.8 Å². The SMILES string of the molecule is COc1ccc(C(C)O)c(OCC2Cc3ccccc32)c1. The third-order valence-corrected chi connectivity index (χ3v) is 4.07. The number of ether oxygens (including phenoxy) is 2. The van der Waals surface area contributed by atoms with Gasteiger partial charge in [-0.2, -0.15) is 0 Å². The maximum atomic E-state index is 9.84. The summed E-state index contributed by atoms with van der Waals surface area (Å²) in [6.07, 6.45) is 0.504. The van der Waals surface area contributed by atoms with Crippen molar-refractivity contribution in [1.29, 1.82) is 0 Å². The summed E-state index contributed by atoms with van der Waals surface area (Å²) in [5.41, 5.74) is 3.58. The van der Waals surface area contributed by atoms with Gasteiger partial charge in [0.1, 0.15) is 11.5 Å². The van der Waals surface area contributed by atoms with E-state index in [1.54, 1.807) is 14.0 Å². The fraction of sp³-hybridized carbons (Fsp3) is 0.333. The van der Waals surface area contributed by atoms with E-state index in [1.165, 1.54) is 11.1 Å². The number of aliphatic hydroxyl groups excluding tert-OH is 1. The minimum absolute atomic E-state index is 0.439. The third-order valence-electron chi connectivity index (χ3n) is 4.07. The van der Waals surface area contributed by atoms with E-state index in [0.29, 0.717) is 18.3 Å². The number of methoxy groups -OCH3 is 1. The van der Waals surface area contributed by atoms with Crippen molar-refractivity contribution >= 4 is 0 Å². The molecule has 0 aromatic heterocycles. The van der Waals surface area contributed by atoms with Gasteiger partial charge < -0.3 is 14.6 Å². The highest BCUT2D eigenvalue weighted by Gasteiger charge is 2.26. The molecule has 21 heavy (non-hydrogen) atoms. The average Bonchev–Trinajstić information content (AvgIpc) is 2.47. The summed E-state index contributed by atoms with van der Waals surface area (Å²) in [5, 5.41) is 9.84. The van der Waals surface area contributed by atoms with Gasteiger partial charge in [-0.1, -0.05) is 24.3 Å². The van der Waals surface area contributed by atoms with Gasteiger partial charge in [0.25, 0.3) is 0 Å². The van der Waals surface area contributed by atoms with E-state index in [2.05, 4.69) is 24.3 Å². The van der Waals surface area contributed by atoms with Crippen molar-refractivity contribution in [1.82, 2.24) is 0 Å². The lowest BCUT2D eigenvalue weighted by atomic mass is 9.78. The van der Waals surface area contributed by atoms with Crippen LogP contribution in [0.4, 0.5) is 0 Å². The Bertz CT molecular complexity index is 634. The van der Waals surface area contributed by atoms with Crippen LogP contribution in [0, 0.1) is 0 Å². The van der Waals surface area contributed by atoms with Crippen molar-refractivity contribution in [2.45, 2.75) is 25.4 Å². The molecule has 0 heterocycles. The number of fused-ring (bicyclic) bond motifs is 1. The fourth-order valence-electron chi connectivity index (χ4n) is 2.81. The number of rotatable bonds is 5. The quantitative estimate of drug-likeness (QED) is 0.913. The highest BCUT2D eigenvalue weighted by Crippen LogP contribution is 2.36. The summed E-state index contributed by atoms with van der Waals surface area (Å²) in [7, 11) is 1.63. The normalized spacial score (nSPS) is 17.6. The molecule has 110 valence electrons. The van der Waals surface area contributed by atoms with Crippen LogP contribution in [0.1, 0.15) is 35.6 Å². The Morgan fingerprint density at radius 1 is 1.24 bits per heavy atom. The fourth-order valence-corrected chi connectivity index (χ4v) is 2.81. The summed E-state index contributed by atoms with van der Waals surface area (Å²) in [6.45, 7) is 2.37. The molecule has 0 spiro atoms. The minimum Gasteiger partial charge on any atom is -0.497 e. The molecule has 2 aromatic rings. The molecule has 0 aliphatic heterocycles. The van der Waals surface area contributed by atoms with Crippen LogP contribution in [-0.4, -0.2) is 18.8 Å². The molecular formula is C18H20O3. The van der Waals surface area contributed by atoms with Gasteiger partial charge in [-0.3, -0.25) is 0 Å². The van der Waals surface area contributed by atoms with Crippen LogP contribution in [0.15, 0.2) is 42.5 Å². The maximum absolute atomic E-state index is 9.84. The molecule has 0 fully saturated rings. The Morgan fingerprint density at radius 2 is 2.05 bits per heavy atom. The second kappa shape index (κ2) is 5.78. The molecule has 2 unspecified atom stereocenters. The molecule has 0 amide bonds. The minimum atomic E-state index is -0.556. The lowest BCUT2D eigenvalue weighted by Gasteiger charge is -2.30. The molecule has 1 N–H and O–H groups in total. The molecule has 3 nitrogen and oxygen atoms in total. The zero-order valence-electron chi connectivity index (χ0n) is 12.4. The van der Waals surface area contributed by atoms with Crippen molar-refractivity contribution < 1.29 is 14.6 Å². The lowest BCUT2D eigenvalue weighted by molar-refractivity contribution is 0.188. The van der Waals surface area contributed by atoms with Crippen molar-refractivity contribution in [3.63, 3.8) is 0 Å². The van der Waals surface area contributed by atoms with E-state index in [9.17, 15) is 5.11 Å². The number of aliphatic hydroxyl groups is 1. The molecular weight excluding hydrogens is 264 g/mol. The summed E-state index contributed by atoms with van der Waals surface area (Å²) >= 11 is 0. The predicted molar refractivity (Wildman–Crippen MR) is 82.0 cm³/mol. The molecule has 0 bridgehead atoms. The highest BCUT2D eigenvalue weighted by atomic mass is 16.5. The number of benzene rings is 2. The van der Waals surface area contributed by atoms with E-state index in [4.69, 9.17) is 9.47 Å². The second-order valence-electron chi connectivity index (χ2n) is 5.49. The topological polar surface area (TPSA) is 38.7 Å². The Balaban J connectivity index is 1.73. The summed E-state index contributed by atoms with van der Waals surface area (Å²) in [5.74, 6) is 1.88. The zero-order chi connectivity index (χ0) is 14.8. The molecule has 0 saturated carbocycles. The molecule has 3 rings (SSSR count). The molecule has 2 aromatic carbocycles. The first-order valence-electron chi connectivity index (χ1n) is 7.25. The van der Waals surface area contributed by atoms with Gasteiger partial charge in [0, 0.05) is 17.5 Å². The Morgan fingerprint density at radius 3 is 2.76 bits per heavy atom. The first kappa shape index (κ1) is 14.0. The summed E-state index contributed by atoms with van der Waals surface area (Å²) in [4.78, 5) is 0. The zero-order valence-corrected chi connectivity index (χ0v) is 12.4. The third kappa shape index (κ3) is 2.74. The monoisotopic (exact) mass is 284 g/mol. The van der Waals surface area contributed by atoms with Gasteiger partial charge in [0.15, 0.2) is 0 Å². The van der Waals surface area contributed by atoms with Crippen LogP contribution in [0.2, 0.25) is 0 Å². The Labute approximate surface area is 125 Å². The van der Waals surface area contributed by atoms with Crippen molar-refractivity contribution in [2.24, 2.45) is 0 Å². The molecule has 3 heteroatoms. The van der Waals surface area contributed by atoms with Crippen molar-refractivity contribution in [2.75, 3.05) is 13.7 Å². The lowest BCUT2D eigenvalue weighted by Crippen LogP contribution is -2.23. The van der Waals surface area contributed by atoms with Crippen LogP contribution < -0.4 is 9.47 Å². The maximum Gasteiger partial charge on any atom is 0.128 e. The van der Waals surface area contributed by atoms with Gasteiger partial charge in [-0.25, -0.2) is 0 Å². The molecule has 0 radical (unpaired) electrons. The van der Waals surface area contributed by atoms with Gasteiger partial charge >= 0.3 is 0 Å². The van der Waals surface area contributed by atoms with E-state index in [-0.39, 0.29) is 0 Å². The highest BCUT2D eigenvalue weighted by molar-refractivity contribution is 5.43. The van der Waals surface area contributed by atoms with Crippen LogP contribution in [0.3, 0.4) is 0 Å². The first-order chi connectivity index (χ1) is 10.2. The number of hydrogen-bond acceptors (Lipinski definition) is 3. The first-order valence-corrected chi connectivity index (χ1v) is 7.25. The Kier molecular flexibility index (Phi) is 3.84. The predicted octanol–water partition coefficient (Wildman–Crippen LogP) is 3.47. The smallest absolute Gasteiger partial charge is 0.128 e. The van der Waals surface area contributed by atoms with Gasteiger partial charge in [-0.05, 0) is 36.6 Å². The molecule has 1 aliphatic carbocycles. The number of hydrogen-bond donors (Lipinski definition) is 1. The molecule has 1 aliphatic rings. The second-order valence-corrected chi connectivity index (χ2v) is 5.49. The van der Waals surface area contributed by atoms with Crippen LogP contribution in [-0.2, 0) is 6.42 Å². The summed E-state index contributed by atoms with van der Waals surface area (Å²) in [6, 6.07) is 14.0. The Hall–Kier alpha value is -2.00. The van der Waals surface area contributed by atoms with Crippen LogP contribution >= 0.6 is 0 Å². The summed E-state index contributed by atoms with van der Waals surface area (Å²) < 4.78 is 11.2. The van der Waals surface area contributed by atoms with Gasteiger partial charge in [-0.15, -0.1) is 0 Å². The molecule has 2 atom stereocenters. The van der Waals surface area contributed by atoms with Gasteiger partial charge in [0.2, 0.25) is 0 Å². The van der Waals surface area contributed by atoms with Crippen molar-refractivity contribution in [3.8, 4) is 11.5 Å². The van der Waals surface area contributed by atoms with E-state index < -0.39 is 6.10 Å². The van der Waals surface area contributed by atoms with Crippen LogP contribution in [0.25, 0.3) is 0 Å². The largest absolute Gasteiger partial charge is 0.497 e. The average molecular weight is 284 g/mol. The van der Waals surface area contributed by atoms with Crippen LogP contribution in [0.5, 0.6) is 11.5 Å². The van der Waals surface area contributed by atoms with Crippen molar-refractivity contribution in [3.05, 3.63) is 59.2 Å². The molecule has 0 saturated heterocycles. The van der Waals surface area contributed by atoms with E-state index in [1.807, 2.05) is 18.2 Å². The van der Waals surface area contributed by atoms with E-state index >= 15 is 0 Å².